The number of carbonyl (C=O) groups is 1. The van der Waals surface area contributed by atoms with Crippen LogP contribution in [0.2, 0.25) is 0 Å². The lowest BCUT2D eigenvalue weighted by Gasteiger charge is -2.03. The Morgan fingerprint density at radius 3 is 2.69 bits per heavy atom. The van der Waals surface area contributed by atoms with E-state index < -0.39 is 0 Å². The largest absolute Gasteiger partial charge is 0.356 e. The van der Waals surface area contributed by atoms with E-state index in [1.807, 2.05) is 30.3 Å². The predicted molar refractivity (Wildman–Crippen MR) is 65.7 cm³/mol. The van der Waals surface area contributed by atoms with E-state index in [9.17, 15) is 4.79 Å². The molecule has 0 aromatic heterocycles. The van der Waals surface area contributed by atoms with Crippen LogP contribution < -0.4 is 5.32 Å². The third-order valence-corrected chi connectivity index (χ3v) is 2.59. The molecule has 0 saturated heterocycles. The van der Waals surface area contributed by atoms with Gasteiger partial charge in [0, 0.05) is 17.4 Å². The molecule has 1 aromatic carbocycles. The summed E-state index contributed by atoms with van der Waals surface area (Å²) in [5, 5.41) is 11.1. The number of nitriles is 1. The van der Waals surface area contributed by atoms with Crippen LogP contribution in [0.1, 0.15) is 18.4 Å². The van der Waals surface area contributed by atoms with Crippen molar-refractivity contribution in [3.05, 3.63) is 34.3 Å². The third kappa shape index (κ3) is 4.94. The molecule has 1 rings (SSSR count). The molecular formula is C12H13BrN2O. The van der Waals surface area contributed by atoms with Crippen molar-refractivity contribution in [2.75, 3.05) is 6.54 Å². The molecule has 0 atom stereocenters. The van der Waals surface area contributed by atoms with Gasteiger partial charge in [-0.15, -0.1) is 0 Å². The highest BCUT2D eigenvalue weighted by Crippen LogP contribution is 2.10. The average Bonchev–Trinajstić information content (AvgIpc) is 2.28. The first-order valence-corrected chi connectivity index (χ1v) is 5.90. The summed E-state index contributed by atoms with van der Waals surface area (Å²) in [5.74, 6) is 0.000243. The Bertz CT molecular complexity index is 381. The van der Waals surface area contributed by atoms with Crippen LogP contribution in [0, 0.1) is 11.3 Å². The first kappa shape index (κ1) is 12.7. The van der Waals surface area contributed by atoms with Crippen molar-refractivity contribution in [1.82, 2.24) is 5.32 Å². The van der Waals surface area contributed by atoms with E-state index in [0.717, 1.165) is 10.0 Å². The minimum absolute atomic E-state index is 0.000243. The van der Waals surface area contributed by atoms with Gasteiger partial charge >= 0.3 is 0 Å². The van der Waals surface area contributed by atoms with Gasteiger partial charge in [0.05, 0.1) is 12.5 Å². The van der Waals surface area contributed by atoms with Crippen LogP contribution in [0.15, 0.2) is 28.7 Å². The van der Waals surface area contributed by atoms with Gasteiger partial charge in [-0.3, -0.25) is 4.79 Å². The maximum atomic E-state index is 11.5. The summed E-state index contributed by atoms with van der Waals surface area (Å²) in [5.41, 5.74) is 0.987. The van der Waals surface area contributed by atoms with E-state index in [2.05, 4.69) is 21.2 Å². The van der Waals surface area contributed by atoms with Crippen LogP contribution in [0.3, 0.4) is 0 Å². The number of halogens is 1. The predicted octanol–water partition coefficient (Wildman–Crippen LogP) is 2.41. The number of hydrogen-bond donors (Lipinski definition) is 1. The molecule has 3 nitrogen and oxygen atoms in total. The van der Waals surface area contributed by atoms with Crippen LogP contribution in [0.25, 0.3) is 0 Å². The molecule has 0 aliphatic heterocycles. The molecule has 0 bridgehead atoms. The third-order valence-electron chi connectivity index (χ3n) is 2.07. The van der Waals surface area contributed by atoms with Crippen LogP contribution in [0.4, 0.5) is 0 Å². The molecule has 1 aromatic rings. The summed E-state index contributed by atoms with van der Waals surface area (Å²) in [6.07, 6.45) is 1.58. The Morgan fingerprint density at radius 1 is 1.38 bits per heavy atom. The van der Waals surface area contributed by atoms with Crippen molar-refractivity contribution < 1.29 is 4.79 Å². The van der Waals surface area contributed by atoms with Gasteiger partial charge < -0.3 is 5.32 Å². The Balaban J connectivity index is 2.29. The van der Waals surface area contributed by atoms with Gasteiger partial charge in [-0.2, -0.15) is 5.26 Å². The average molecular weight is 281 g/mol. The monoisotopic (exact) mass is 280 g/mol. The van der Waals surface area contributed by atoms with Crippen LogP contribution in [-0.2, 0) is 11.2 Å². The smallest absolute Gasteiger partial charge is 0.224 e. The normalized spacial score (nSPS) is 9.50. The molecule has 4 heteroatoms. The van der Waals surface area contributed by atoms with E-state index in [4.69, 9.17) is 5.26 Å². The van der Waals surface area contributed by atoms with Gasteiger partial charge in [0.25, 0.3) is 0 Å². The second-order valence-electron chi connectivity index (χ2n) is 3.41. The Kier molecular flexibility index (Phi) is 5.58. The molecule has 1 N–H and O–H groups in total. The maximum absolute atomic E-state index is 11.5. The van der Waals surface area contributed by atoms with Crippen LogP contribution in [0.5, 0.6) is 0 Å². The lowest BCUT2D eigenvalue weighted by Crippen LogP contribution is -2.25. The number of nitrogens with one attached hydrogen (secondary N) is 1. The Hall–Kier alpha value is -1.34. The summed E-state index contributed by atoms with van der Waals surface area (Å²) in [4.78, 5) is 11.5. The number of rotatable bonds is 5. The number of nitrogens with zero attached hydrogens (tertiary/aromatic N) is 1. The second kappa shape index (κ2) is 7.02. The van der Waals surface area contributed by atoms with E-state index >= 15 is 0 Å². The first-order valence-electron chi connectivity index (χ1n) is 5.10. The van der Waals surface area contributed by atoms with Gasteiger partial charge in [0.15, 0.2) is 0 Å². The van der Waals surface area contributed by atoms with Crippen molar-refractivity contribution >= 4 is 21.8 Å². The molecular weight excluding hydrogens is 268 g/mol. The highest BCUT2D eigenvalue weighted by molar-refractivity contribution is 9.10. The van der Waals surface area contributed by atoms with Crippen LogP contribution in [-0.4, -0.2) is 12.5 Å². The zero-order chi connectivity index (χ0) is 11.8. The molecule has 0 saturated carbocycles. The summed E-state index contributed by atoms with van der Waals surface area (Å²) in [7, 11) is 0. The molecule has 1 amide bonds. The minimum Gasteiger partial charge on any atom is -0.356 e. The Morgan fingerprint density at radius 2 is 2.06 bits per heavy atom. The molecule has 0 unspecified atom stereocenters. The van der Waals surface area contributed by atoms with Gasteiger partial charge in [0.1, 0.15) is 0 Å². The molecule has 0 aliphatic carbocycles. The van der Waals surface area contributed by atoms with Gasteiger partial charge in [-0.25, -0.2) is 0 Å². The molecule has 0 aliphatic rings. The summed E-state index contributed by atoms with van der Waals surface area (Å²) in [6, 6.07) is 9.70. The molecule has 0 fully saturated rings. The van der Waals surface area contributed by atoms with Gasteiger partial charge in [-0.1, -0.05) is 28.1 Å². The molecule has 0 heterocycles. The van der Waals surface area contributed by atoms with E-state index in [0.29, 0.717) is 25.8 Å². The summed E-state index contributed by atoms with van der Waals surface area (Å²) >= 11 is 3.34. The number of unbranched alkanes of at least 4 members (excludes halogenated alkanes) is 1. The molecule has 16 heavy (non-hydrogen) atoms. The Labute approximate surface area is 104 Å². The number of carbonyl (C=O) groups excluding carboxylic acids is 1. The van der Waals surface area contributed by atoms with Crippen molar-refractivity contribution in [1.29, 1.82) is 5.26 Å². The highest BCUT2D eigenvalue weighted by Gasteiger charge is 2.02. The SMILES string of the molecule is N#CCCCNC(=O)Cc1ccc(Br)cc1. The maximum Gasteiger partial charge on any atom is 0.224 e. The first-order chi connectivity index (χ1) is 7.72. The number of hydrogen-bond acceptors (Lipinski definition) is 2. The van der Waals surface area contributed by atoms with Crippen molar-refractivity contribution in [2.45, 2.75) is 19.3 Å². The fourth-order valence-corrected chi connectivity index (χ4v) is 1.51. The number of amides is 1. The minimum atomic E-state index is 0.000243. The molecule has 0 radical (unpaired) electrons. The van der Waals surface area contributed by atoms with Gasteiger partial charge in [0.2, 0.25) is 5.91 Å². The summed E-state index contributed by atoms with van der Waals surface area (Å²) < 4.78 is 1.01. The zero-order valence-electron chi connectivity index (χ0n) is 8.87. The van der Waals surface area contributed by atoms with Crippen LogP contribution >= 0.6 is 15.9 Å². The van der Waals surface area contributed by atoms with Crippen molar-refractivity contribution in [2.24, 2.45) is 0 Å². The van der Waals surface area contributed by atoms with E-state index in [1.165, 1.54) is 0 Å². The highest BCUT2D eigenvalue weighted by atomic mass is 79.9. The van der Waals surface area contributed by atoms with Gasteiger partial charge in [-0.05, 0) is 24.1 Å². The second-order valence-corrected chi connectivity index (χ2v) is 4.33. The standard InChI is InChI=1S/C12H13BrN2O/c13-11-5-3-10(4-6-11)9-12(16)15-8-2-1-7-14/h3-6H,1-2,8-9H2,(H,15,16). The topological polar surface area (TPSA) is 52.9 Å². The lowest BCUT2D eigenvalue weighted by atomic mass is 10.1. The van der Waals surface area contributed by atoms with Crippen molar-refractivity contribution in [3.63, 3.8) is 0 Å². The zero-order valence-corrected chi connectivity index (χ0v) is 10.5. The molecule has 84 valence electrons. The molecule has 0 spiro atoms. The van der Waals surface area contributed by atoms with E-state index in [1.54, 1.807) is 0 Å². The fraction of sp³-hybridized carbons (Fsp3) is 0.333. The summed E-state index contributed by atoms with van der Waals surface area (Å²) in [6.45, 7) is 0.572. The fourth-order valence-electron chi connectivity index (χ4n) is 1.25. The lowest BCUT2D eigenvalue weighted by molar-refractivity contribution is -0.120. The number of benzene rings is 1. The van der Waals surface area contributed by atoms with Crippen molar-refractivity contribution in [3.8, 4) is 6.07 Å². The van der Waals surface area contributed by atoms with E-state index in [-0.39, 0.29) is 5.91 Å². The quantitative estimate of drug-likeness (QED) is 0.843.